The Kier molecular flexibility index (Phi) is 5.86. The zero-order valence-corrected chi connectivity index (χ0v) is 13.5. The Labute approximate surface area is 135 Å². The largest absolute Gasteiger partial charge is 0.301 e. The third-order valence-corrected chi connectivity index (χ3v) is 4.83. The standard InChI is InChI=1S/C20H28N2/c1-3-8-19(9-4-1)12-7-13-21-14-16-22(17-15-21)18-20-10-5-2-6-11-20/h1-5,7-9,12,20H,6,10-11,13-18H2/b12-7+/t20-/m1/s1. The summed E-state index contributed by atoms with van der Waals surface area (Å²) in [5, 5.41) is 0. The second-order valence-corrected chi connectivity index (χ2v) is 6.56. The number of nitrogens with zero attached hydrogens (tertiary/aromatic N) is 2. The van der Waals surface area contributed by atoms with Crippen molar-refractivity contribution in [2.24, 2.45) is 5.92 Å². The maximum absolute atomic E-state index is 2.67. The third kappa shape index (κ3) is 4.82. The molecule has 0 amide bonds. The third-order valence-electron chi connectivity index (χ3n) is 4.83. The van der Waals surface area contributed by atoms with Gasteiger partial charge in [0, 0.05) is 39.3 Å². The summed E-state index contributed by atoms with van der Waals surface area (Å²) in [4.78, 5) is 5.23. The first-order valence-corrected chi connectivity index (χ1v) is 8.71. The molecule has 0 N–H and O–H groups in total. The van der Waals surface area contributed by atoms with E-state index < -0.39 is 0 Å². The van der Waals surface area contributed by atoms with Crippen molar-refractivity contribution >= 4 is 6.08 Å². The van der Waals surface area contributed by atoms with Crippen molar-refractivity contribution in [3.8, 4) is 0 Å². The summed E-state index contributed by atoms with van der Waals surface area (Å²) in [7, 11) is 0. The highest BCUT2D eigenvalue weighted by atomic mass is 15.3. The summed E-state index contributed by atoms with van der Waals surface area (Å²) in [6, 6.07) is 10.6. The topological polar surface area (TPSA) is 6.48 Å². The Balaban J connectivity index is 1.36. The number of benzene rings is 1. The predicted molar refractivity (Wildman–Crippen MR) is 94.8 cm³/mol. The average molecular weight is 296 g/mol. The SMILES string of the molecule is C1=CC[C@@H](CN2CCN(C/C=C/c3ccccc3)CC2)CC1. The molecular weight excluding hydrogens is 268 g/mol. The van der Waals surface area contributed by atoms with E-state index >= 15 is 0 Å². The molecule has 2 nitrogen and oxygen atoms in total. The Morgan fingerprint density at radius 3 is 2.45 bits per heavy atom. The molecular formula is C20H28N2. The quantitative estimate of drug-likeness (QED) is 0.765. The molecule has 1 aromatic carbocycles. The zero-order chi connectivity index (χ0) is 15.0. The highest BCUT2D eigenvalue weighted by Crippen LogP contribution is 2.19. The van der Waals surface area contributed by atoms with Gasteiger partial charge in [-0.25, -0.2) is 0 Å². The summed E-state index contributed by atoms with van der Waals surface area (Å²) in [6.45, 7) is 7.27. The van der Waals surface area contributed by atoms with Crippen LogP contribution in [0.3, 0.4) is 0 Å². The molecule has 0 spiro atoms. The minimum Gasteiger partial charge on any atom is -0.301 e. The van der Waals surface area contributed by atoms with Crippen molar-refractivity contribution < 1.29 is 0 Å². The van der Waals surface area contributed by atoms with Crippen molar-refractivity contribution in [1.82, 2.24) is 9.80 Å². The van der Waals surface area contributed by atoms with Crippen LogP contribution in [0.2, 0.25) is 0 Å². The lowest BCUT2D eigenvalue weighted by Crippen LogP contribution is -2.47. The van der Waals surface area contributed by atoms with E-state index in [2.05, 4.69) is 64.4 Å². The van der Waals surface area contributed by atoms with Gasteiger partial charge in [0.05, 0.1) is 0 Å². The number of allylic oxidation sites excluding steroid dienone is 2. The lowest BCUT2D eigenvalue weighted by molar-refractivity contribution is 0.124. The van der Waals surface area contributed by atoms with E-state index in [1.165, 1.54) is 57.5 Å². The normalized spacial score (nSPS) is 24.1. The molecule has 1 aliphatic heterocycles. The van der Waals surface area contributed by atoms with E-state index in [0.717, 1.165) is 12.5 Å². The van der Waals surface area contributed by atoms with E-state index in [1.54, 1.807) is 0 Å². The van der Waals surface area contributed by atoms with Gasteiger partial charge in [-0.2, -0.15) is 0 Å². The minimum absolute atomic E-state index is 0.898. The van der Waals surface area contributed by atoms with Gasteiger partial charge in [-0.15, -0.1) is 0 Å². The van der Waals surface area contributed by atoms with E-state index in [4.69, 9.17) is 0 Å². The maximum Gasteiger partial charge on any atom is 0.0167 e. The fourth-order valence-corrected chi connectivity index (χ4v) is 3.44. The van der Waals surface area contributed by atoms with Crippen LogP contribution in [-0.4, -0.2) is 49.1 Å². The van der Waals surface area contributed by atoms with Crippen LogP contribution >= 0.6 is 0 Å². The molecule has 0 aromatic heterocycles. The van der Waals surface area contributed by atoms with Crippen LogP contribution in [0, 0.1) is 5.92 Å². The molecule has 118 valence electrons. The molecule has 0 radical (unpaired) electrons. The zero-order valence-electron chi connectivity index (χ0n) is 13.5. The molecule has 0 saturated carbocycles. The second kappa shape index (κ2) is 8.30. The fourth-order valence-electron chi connectivity index (χ4n) is 3.44. The van der Waals surface area contributed by atoms with Gasteiger partial charge in [-0.3, -0.25) is 4.90 Å². The van der Waals surface area contributed by atoms with E-state index in [9.17, 15) is 0 Å². The summed E-state index contributed by atoms with van der Waals surface area (Å²) >= 11 is 0. The Hall–Kier alpha value is -1.38. The molecule has 3 rings (SSSR count). The highest BCUT2D eigenvalue weighted by Gasteiger charge is 2.19. The van der Waals surface area contributed by atoms with Crippen LogP contribution in [0.15, 0.2) is 48.6 Å². The van der Waals surface area contributed by atoms with Crippen LogP contribution in [0.25, 0.3) is 6.08 Å². The first-order chi connectivity index (χ1) is 10.9. The number of hydrogen-bond acceptors (Lipinski definition) is 2. The van der Waals surface area contributed by atoms with Gasteiger partial charge < -0.3 is 4.90 Å². The van der Waals surface area contributed by atoms with Crippen LogP contribution in [0.5, 0.6) is 0 Å². The Morgan fingerprint density at radius 1 is 0.955 bits per heavy atom. The van der Waals surface area contributed by atoms with Gasteiger partial charge in [0.25, 0.3) is 0 Å². The average Bonchev–Trinajstić information content (AvgIpc) is 2.58. The molecule has 1 fully saturated rings. The first kappa shape index (κ1) is 15.5. The van der Waals surface area contributed by atoms with Gasteiger partial charge >= 0.3 is 0 Å². The number of rotatable bonds is 5. The van der Waals surface area contributed by atoms with Crippen molar-refractivity contribution in [3.05, 3.63) is 54.1 Å². The first-order valence-electron chi connectivity index (χ1n) is 8.71. The van der Waals surface area contributed by atoms with Gasteiger partial charge in [0.1, 0.15) is 0 Å². The summed E-state index contributed by atoms with van der Waals surface area (Å²) in [6.07, 6.45) is 13.2. The molecule has 22 heavy (non-hydrogen) atoms. The van der Waals surface area contributed by atoms with E-state index in [-0.39, 0.29) is 0 Å². The molecule has 0 bridgehead atoms. The van der Waals surface area contributed by atoms with Gasteiger partial charge in [-0.05, 0) is 30.7 Å². The van der Waals surface area contributed by atoms with Crippen LogP contribution in [-0.2, 0) is 0 Å². The lowest BCUT2D eigenvalue weighted by Gasteiger charge is -2.36. The van der Waals surface area contributed by atoms with Crippen molar-refractivity contribution in [1.29, 1.82) is 0 Å². The Bertz CT molecular complexity index is 484. The summed E-state index contributed by atoms with van der Waals surface area (Å²) in [5.74, 6) is 0.898. The molecule has 1 saturated heterocycles. The highest BCUT2D eigenvalue weighted by molar-refractivity contribution is 5.48. The van der Waals surface area contributed by atoms with Gasteiger partial charge in [0.15, 0.2) is 0 Å². The van der Waals surface area contributed by atoms with Crippen molar-refractivity contribution in [2.45, 2.75) is 19.3 Å². The van der Waals surface area contributed by atoms with E-state index in [0.29, 0.717) is 0 Å². The molecule has 1 heterocycles. The second-order valence-electron chi connectivity index (χ2n) is 6.56. The van der Waals surface area contributed by atoms with Crippen LogP contribution in [0.1, 0.15) is 24.8 Å². The summed E-state index contributed by atoms with van der Waals surface area (Å²) in [5.41, 5.74) is 1.30. The lowest BCUT2D eigenvalue weighted by atomic mass is 9.94. The van der Waals surface area contributed by atoms with Gasteiger partial charge in [0.2, 0.25) is 0 Å². The molecule has 1 aliphatic carbocycles. The smallest absolute Gasteiger partial charge is 0.0167 e. The van der Waals surface area contributed by atoms with Crippen LogP contribution < -0.4 is 0 Å². The minimum atomic E-state index is 0.898. The fraction of sp³-hybridized carbons (Fsp3) is 0.500. The predicted octanol–water partition coefficient (Wildman–Crippen LogP) is 3.67. The van der Waals surface area contributed by atoms with Crippen LogP contribution in [0.4, 0.5) is 0 Å². The van der Waals surface area contributed by atoms with Gasteiger partial charge in [-0.1, -0.05) is 54.6 Å². The maximum atomic E-state index is 2.67. The molecule has 1 atom stereocenters. The van der Waals surface area contributed by atoms with E-state index in [1.807, 2.05) is 0 Å². The molecule has 2 heteroatoms. The molecule has 2 aliphatic rings. The summed E-state index contributed by atoms with van der Waals surface area (Å²) < 4.78 is 0. The molecule has 0 unspecified atom stereocenters. The number of piperazine rings is 1. The Morgan fingerprint density at radius 2 is 1.73 bits per heavy atom. The molecule has 1 aromatic rings. The van der Waals surface area contributed by atoms with Crippen molar-refractivity contribution in [2.75, 3.05) is 39.3 Å². The number of hydrogen-bond donors (Lipinski definition) is 0. The van der Waals surface area contributed by atoms with Crippen molar-refractivity contribution in [3.63, 3.8) is 0 Å². The monoisotopic (exact) mass is 296 g/mol.